The molecule has 0 radical (unpaired) electrons. The molecule has 3 rings (SSSR count). The number of para-hydroxylation sites is 1. The van der Waals surface area contributed by atoms with Gasteiger partial charge >= 0.3 is 0 Å². The first kappa shape index (κ1) is 19.4. The molecule has 2 aromatic rings. The number of carbonyl (C=O) groups excluding carboxylic acids is 1. The van der Waals surface area contributed by atoms with Gasteiger partial charge in [0.1, 0.15) is 11.6 Å². The van der Waals surface area contributed by atoms with Gasteiger partial charge in [-0.15, -0.1) is 0 Å². The van der Waals surface area contributed by atoms with Crippen molar-refractivity contribution in [3.63, 3.8) is 0 Å². The van der Waals surface area contributed by atoms with E-state index < -0.39 is 20.9 Å². The van der Waals surface area contributed by atoms with E-state index in [1.807, 2.05) is 18.2 Å². The van der Waals surface area contributed by atoms with Crippen molar-refractivity contribution in [2.24, 2.45) is 0 Å². The van der Waals surface area contributed by atoms with Crippen molar-refractivity contribution in [2.45, 2.75) is 18.1 Å². The summed E-state index contributed by atoms with van der Waals surface area (Å²) in [7, 11) is -2.00. The Morgan fingerprint density at radius 3 is 2.59 bits per heavy atom. The van der Waals surface area contributed by atoms with Gasteiger partial charge in [-0.1, -0.05) is 36.4 Å². The standard InChI is InChI=1S/C20H22FNO4S/c1-26-18-9-5-2-6-15(18)14-20(23)22-11-10-19(27(24,25)13-12-22)16-7-3-4-8-17(16)21/h2-9,19H,10-14H2,1H3/t19-/m0/s1. The fourth-order valence-corrected chi connectivity index (χ4v) is 5.20. The summed E-state index contributed by atoms with van der Waals surface area (Å²) in [6.45, 7) is 0.382. The van der Waals surface area contributed by atoms with Crippen LogP contribution in [0.25, 0.3) is 0 Å². The molecule has 27 heavy (non-hydrogen) atoms. The molecule has 1 aliphatic heterocycles. The van der Waals surface area contributed by atoms with Crippen LogP contribution in [0.15, 0.2) is 48.5 Å². The zero-order chi connectivity index (χ0) is 19.4. The van der Waals surface area contributed by atoms with Crippen LogP contribution in [0.3, 0.4) is 0 Å². The number of amides is 1. The maximum absolute atomic E-state index is 14.1. The molecule has 0 aliphatic carbocycles. The third kappa shape index (κ3) is 4.30. The number of halogens is 1. The number of methoxy groups -OCH3 is 1. The number of hydrogen-bond acceptors (Lipinski definition) is 4. The SMILES string of the molecule is COc1ccccc1CC(=O)N1CC[C@@H](c2ccccc2F)S(=O)(=O)CC1. The van der Waals surface area contributed by atoms with Crippen molar-refractivity contribution in [2.75, 3.05) is 26.0 Å². The van der Waals surface area contributed by atoms with Gasteiger partial charge in [-0.05, 0) is 18.6 Å². The zero-order valence-corrected chi connectivity index (χ0v) is 15.9. The Morgan fingerprint density at radius 1 is 1.15 bits per heavy atom. The first-order chi connectivity index (χ1) is 12.9. The highest BCUT2D eigenvalue weighted by Crippen LogP contribution is 2.31. The molecule has 0 N–H and O–H groups in total. The number of hydrogen-bond donors (Lipinski definition) is 0. The highest BCUT2D eigenvalue weighted by atomic mass is 32.2. The first-order valence-electron chi connectivity index (χ1n) is 8.78. The maximum atomic E-state index is 14.1. The topological polar surface area (TPSA) is 63.7 Å². The number of benzene rings is 2. The second-order valence-corrected chi connectivity index (χ2v) is 8.84. The Hall–Kier alpha value is -2.41. The second-order valence-electron chi connectivity index (χ2n) is 6.54. The van der Waals surface area contributed by atoms with E-state index in [1.54, 1.807) is 24.1 Å². The smallest absolute Gasteiger partial charge is 0.227 e. The van der Waals surface area contributed by atoms with Gasteiger partial charge in [-0.2, -0.15) is 0 Å². The molecule has 0 saturated carbocycles. The van der Waals surface area contributed by atoms with Crippen molar-refractivity contribution < 1.29 is 22.3 Å². The van der Waals surface area contributed by atoms with E-state index in [9.17, 15) is 17.6 Å². The molecule has 1 amide bonds. The monoisotopic (exact) mass is 391 g/mol. The van der Waals surface area contributed by atoms with Gasteiger partial charge in [0.15, 0.2) is 9.84 Å². The lowest BCUT2D eigenvalue weighted by Gasteiger charge is -2.20. The van der Waals surface area contributed by atoms with Crippen molar-refractivity contribution in [3.8, 4) is 5.75 Å². The molecule has 144 valence electrons. The van der Waals surface area contributed by atoms with Gasteiger partial charge < -0.3 is 9.64 Å². The molecule has 1 atom stereocenters. The Balaban J connectivity index is 1.77. The van der Waals surface area contributed by atoms with Crippen LogP contribution in [-0.2, 0) is 21.1 Å². The number of ether oxygens (including phenoxy) is 1. The Morgan fingerprint density at radius 2 is 1.85 bits per heavy atom. The highest BCUT2D eigenvalue weighted by molar-refractivity contribution is 7.91. The van der Waals surface area contributed by atoms with Crippen LogP contribution in [0, 0.1) is 5.82 Å². The van der Waals surface area contributed by atoms with E-state index >= 15 is 0 Å². The van der Waals surface area contributed by atoms with Crippen LogP contribution in [0.2, 0.25) is 0 Å². The summed E-state index contributed by atoms with van der Waals surface area (Å²) in [5.41, 5.74) is 0.930. The Kier molecular flexibility index (Phi) is 5.79. The summed E-state index contributed by atoms with van der Waals surface area (Å²) in [6.07, 6.45) is 0.315. The minimum Gasteiger partial charge on any atom is -0.496 e. The molecule has 2 aromatic carbocycles. The molecule has 7 heteroatoms. The minimum absolute atomic E-state index is 0.112. The normalized spacial score (nSPS) is 19.3. The molecular weight excluding hydrogens is 369 g/mol. The van der Waals surface area contributed by atoms with Crippen molar-refractivity contribution in [3.05, 3.63) is 65.5 Å². The van der Waals surface area contributed by atoms with Gasteiger partial charge in [-0.25, -0.2) is 12.8 Å². The number of rotatable bonds is 4. The average Bonchev–Trinajstić information content (AvgIpc) is 2.81. The van der Waals surface area contributed by atoms with Crippen LogP contribution in [0.4, 0.5) is 4.39 Å². The molecule has 0 aromatic heterocycles. The largest absolute Gasteiger partial charge is 0.496 e. The van der Waals surface area contributed by atoms with E-state index in [-0.39, 0.29) is 43.2 Å². The summed E-state index contributed by atoms with van der Waals surface area (Å²) in [5.74, 6) is -0.245. The third-order valence-electron chi connectivity index (χ3n) is 4.88. The second kappa shape index (κ2) is 8.08. The van der Waals surface area contributed by atoms with Gasteiger partial charge in [0.05, 0.1) is 24.5 Å². The summed E-state index contributed by atoms with van der Waals surface area (Å²) in [6, 6.07) is 13.2. The summed E-state index contributed by atoms with van der Waals surface area (Å²) in [4.78, 5) is 14.3. The van der Waals surface area contributed by atoms with Crippen LogP contribution in [0.5, 0.6) is 5.75 Å². The average molecular weight is 391 g/mol. The first-order valence-corrected chi connectivity index (χ1v) is 10.5. The lowest BCUT2D eigenvalue weighted by atomic mass is 10.1. The van der Waals surface area contributed by atoms with Crippen LogP contribution < -0.4 is 4.74 Å². The fraction of sp³-hybridized carbons (Fsp3) is 0.350. The minimum atomic E-state index is -3.55. The fourth-order valence-electron chi connectivity index (χ4n) is 3.40. The molecule has 1 saturated heterocycles. The van der Waals surface area contributed by atoms with Crippen molar-refractivity contribution >= 4 is 15.7 Å². The van der Waals surface area contributed by atoms with E-state index in [1.165, 1.54) is 18.2 Å². The summed E-state index contributed by atoms with van der Waals surface area (Å²) in [5, 5.41) is -0.928. The highest BCUT2D eigenvalue weighted by Gasteiger charge is 2.34. The van der Waals surface area contributed by atoms with Gasteiger partial charge in [-0.3, -0.25) is 4.79 Å². The van der Waals surface area contributed by atoms with Gasteiger partial charge in [0, 0.05) is 24.2 Å². The van der Waals surface area contributed by atoms with Gasteiger partial charge in [0.25, 0.3) is 0 Å². The van der Waals surface area contributed by atoms with E-state index in [0.717, 1.165) is 5.56 Å². The zero-order valence-electron chi connectivity index (χ0n) is 15.1. The summed E-state index contributed by atoms with van der Waals surface area (Å²) < 4.78 is 44.7. The predicted octanol–water partition coefficient (Wildman–Crippen LogP) is 2.77. The lowest BCUT2D eigenvalue weighted by Crippen LogP contribution is -2.34. The molecule has 1 heterocycles. The Labute approximate surface area is 158 Å². The van der Waals surface area contributed by atoms with Gasteiger partial charge in [0.2, 0.25) is 5.91 Å². The lowest BCUT2D eigenvalue weighted by molar-refractivity contribution is -0.130. The predicted molar refractivity (Wildman–Crippen MR) is 101 cm³/mol. The van der Waals surface area contributed by atoms with Crippen LogP contribution in [0.1, 0.15) is 22.8 Å². The Bertz CT molecular complexity index is 929. The molecule has 0 unspecified atom stereocenters. The quantitative estimate of drug-likeness (QED) is 0.804. The number of carbonyl (C=O) groups is 1. The maximum Gasteiger partial charge on any atom is 0.227 e. The van der Waals surface area contributed by atoms with E-state index in [2.05, 4.69) is 0 Å². The van der Waals surface area contributed by atoms with Crippen molar-refractivity contribution in [1.29, 1.82) is 0 Å². The molecular formula is C20H22FNO4S. The third-order valence-corrected chi connectivity index (χ3v) is 6.99. The molecule has 5 nitrogen and oxygen atoms in total. The van der Waals surface area contributed by atoms with E-state index in [0.29, 0.717) is 5.75 Å². The number of sulfone groups is 1. The van der Waals surface area contributed by atoms with Crippen LogP contribution >= 0.6 is 0 Å². The number of nitrogens with zero attached hydrogens (tertiary/aromatic N) is 1. The molecule has 1 aliphatic rings. The molecule has 1 fully saturated rings. The van der Waals surface area contributed by atoms with Crippen molar-refractivity contribution in [1.82, 2.24) is 4.90 Å². The summed E-state index contributed by atoms with van der Waals surface area (Å²) >= 11 is 0. The van der Waals surface area contributed by atoms with Crippen LogP contribution in [-0.4, -0.2) is 45.2 Å². The molecule has 0 spiro atoms. The molecule has 0 bridgehead atoms. The van der Waals surface area contributed by atoms with E-state index in [4.69, 9.17) is 4.74 Å².